The van der Waals surface area contributed by atoms with E-state index < -0.39 is 0 Å². The molecule has 1 fully saturated rings. The Morgan fingerprint density at radius 3 is 2.70 bits per heavy atom. The summed E-state index contributed by atoms with van der Waals surface area (Å²) in [6, 6.07) is 0. The number of likely N-dealkylation sites (tertiary alicyclic amines) is 1. The molecule has 1 aromatic rings. The average molecular weight is 325 g/mol. The van der Waals surface area contributed by atoms with Crippen LogP contribution in [0.5, 0.6) is 0 Å². The Bertz CT molecular complexity index is 511. The normalized spacial score (nSPS) is 16.3. The van der Waals surface area contributed by atoms with E-state index in [1.807, 2.05) is 28.5 Å². The van der Waals surface area contributed by atoms with Gasteiger partial charge in [0, 0.05) is 39.7 Å². The van der Waals surface area contributed by atoms with Crippen LogP contribution in [0.25, 0.3) is 0 Å². The Balaban J connectivity index is 1.94. The molecule has 0 bridgehead atoms. The van der Waals surface area contributed by atoms with Crippen molar-refractivity contribution in [1.29, 1.82) is 0 Å². The standard InChI is InChI=1S/C15H27N5O3/c1-18(8-9-21)10-13-16-17-15(19(13)2)12-4-6-20(7-5-12)14(22)11-23-3/h12,21H,4-11H2,1-3H3. The molecule has 0 saturated carbocycles. The van der Waals surface area contributed by atoms with E-state index in [2.05, 4.69) is 10.2 Å². The smallest absolute Gasteiger partial charge is 0.248 e. The maximum absolute atomic E-state index is 11.8. The minimum absolute atomic E-state index is 0.0511. The molecule has 1 aromatic heterocycles. The lowest BCUT2D eigenvalue weighted by atomic mass is 9.96. The van der Waals surface area contributed by atoms with Crippen LogP contribution in [0.3, 0.4) is 0 Å². The van der Waals surface area contributed by atoms with Gasteiger partial charge in [-0.1, -0.05) is 0 Å². The Morgan fingerprint density at radius 2 is 2.09 bits per heavy atom. The van der Waals surface area contributed by atoms with E-state index >= 15 is 0 Å². The number of amides is 1. The van der Waals surface area contributed by atoms with Gasteiger partial charge in [0.25, 0.3) is 0 Å². The number of methoxy groups -OCH3 is 1. The largest absolute Gasteiger partial charge is 0.395 e. The predicted molar refractivity (Wildman–Crippen MR) is 84.9 cm³/mol. The summed E-state index contributed by atoms with van der Waals surface area (Å²) in [5.74, 6) is 2.26. The van der Waals surface area contributed by atoms with Crippen molar-refractivity contribution in [1.82, 2.24) is 24.6 Å². The van der Waals surface area contributed by atoms with E-state index in [-0.39, 0.29) is 19.1 Å². The first-order valence-corrected chi connectivity index (χ1v) is 8.01. The van der Waals surface area contributed by atoms with E-state index in [0.717, 1.165) is 37.6 Å². The zero-order chi connectivity index (χ0) is 16.8. The van der Waals surface area contributed by atoms with Crippen LogP contribution in [-0.2, 0) is 23.1 Å². The topological polar surface area (TPSA) is 83.7 Å². The summed E-state index contributed by atoms with van der Waals surface area (Å²) in [4.78, 5) is 15.7. The summed E-state index contributed by atoms with van der Waals surface area (Å²) >= 11 is 0. The van der Waals surface area contributed by atoms with E-state index in [1.165, 1.54) is 0 Å². The highest BCUT2D eigenvalue weighted by Gasteiger charge is 2.27. The number of hydrogen-bond acceptors (Lipinski definition) is 6. The molecule has 1 aliphatic heterocycles. The highest BCUT2D eigenvalue weighted by atomic mass is 16.5. The van der Waals surface area contributed by atoms with Gasteiger partial charge in [-0.25, -0.2) is 0 Å². The van der Waals surface area contributed by atoms with Crippen molar-refractivity contribution in [2.75, 3.05) is 47.0 Å². The lowest BCUT2D eigenvalue weighted by Crippen LogP contribution is -2.40. The first kappa shape index (κ1) is 17.8. The van der Waals surface area contributed by atoms with Crippen molar-refractivity contribution < 1.29 is 14.6 Å². The Labute approximate surface area is 137 Å². The van der Waals surface area contributed by atoms with Gasteiger partial charge < -0.3 is 19.3 Å². The maximum atomic E-state index is 11.8. The van der Waals surface area contributed by atoms with E-state index in [0.29, 0.717) is 19.0 Å². The molecule has 1 saturated heterocycles. The monoisotopic (exact) mass is 325 g/mol. The van der Waals surface area contributed by atoms with Gasteiger partial charge in [0.2, 0.25) is 5.91 Å². The first-order valence-electron chi connectivity index (χ1n) is 8.01. The zero-order valence-electron chi connectivity index (χ0n) is 14.2. The molecule has 23 heavy (non-hydrogen) atoms. The SMILES string of the molecule is COCC(=O)N1CCC(c2nnc(CN(C)CCO)n2C)CC1. The number of aliphatic hydroxyl groups excluding tert-OH is 1. The highest BCUT2D eigenvalue weighted by molar-refractivity contribution is 5.77. The molecular formula is C15H27N5O3. The number of likely N-dealkylation sites (N-methyl/N-ethyl adjacent to an activating group) is 1. The van der Waals surface area contributed by atoms with Crippen LogP contribution in [0, 0.1) is 0 Å². The van der Waals surface area contributed by atoms with Gasteiger partial charge in [0.15, 0.2) is 0 Å². The molecule has 130 valence electrons. The molecule has 0 spiro atoms. The molecule has 1 aliphatic rings. The van der Waals surface area contributed by atoms with Crippen molar-refractivity contribution in [3.05, 3.63) is 11.6 Å². The molecule has 8 nitrogen and oxygen atoms in total. The predicted octanol–water partition coefficient (Wildman–Crippen LogP) is -0.408. The van der Waals surface area contributed by atoms with Crippen molar-refractivity contribution in [2.24, 2.45) is 7.05 Å². The number of carbonyl (C=O) groups excluding carboxylic acids is 1. The number of aliphatic hydroxyl groups is 1. The average Bonchev–Trinajstić information content (AvgIpc) is 2.89. The van der Waals surface area contributed by atoms with Crippen molar-refractivity contribution in [3.8, 4) is 0 Å². The lowest BCUT2D eigenvalue weighted by molar-refractivity contribution is -0.136. The second-order valence-electron chi connectivity index (χ2n) is 6.08. The van der Waals surface area contributed by atoms with Crippen LogP contribution < -0.4 is 0 Å². The summed E-state index contributed by atoms with van der Waals surface area (Å²) in [7, 11) is 5.48. The second-order valence-corrected chi connectivity index (χ2v) is 6.08. The molecular weight excluding hydrogens is 298 g/mol. The Kier molecular flexibility index (Phi) is 6.49. The molecule has 2 rings (SSSR count). The number of carbonyl (C=O) groups is 1. The summed E-state index contributed by atoms with van der Waals surface area (Å²) in [6.45, 7) is 3.03. The third-order valence-electron chi connectivity index (χ3n) is 4.37. The van der Waals surface area contributed by atoms with Gasteiger partial charge in [-0.3, -0.25) is 9.69 Å². The van der Waals surface area contributed by atoms with Gasteiger partial charge in [0.1, 0.15) is 18.3 Å². The van der Waals surface area contributed by atoms with E-state index in [9.17, 15) is 4.79 Å². The fourth-order valence-corrected chi connectivity index (χ4v) is 2.96. The van der Waals surface area contributed by atoms with Gasteiger partial charge in [-0.05, 0) is 19.9 Å². The van der Waals surface area contributed by atoms with Crippen LogP contribution in [0.1, 0.15) is 30.4 Å². The number of rotatable bonds is 7. The van der Waals surface area contributed by atoms with E-state index in [1.54, 1.807) is 7.11 Å². The fraction of sp³-hybridized carbons (Fsp3) is 0.800. The van der Waals surface area contributed by atoms with Crippen LogP contribution in [0.15, 0.2) is 0 Å². The number of ether oxygens (including phenoxy) is 1. The molecule has 0 unspecified atom stereocenters. The minimum Gasteiger partial charge on any atom is -0.395 e. The third kappa shape index (κ3) is 4.49. The van der Waals surface area contributed by atoms with E-state index in [4.69, 9.17) is 9.84 Å². The summed E-state index contributed by atoms with van der Waals surface area (Å²) < 4.78 is 6.95. The number of piperidine rings is 1. The zero-order valence-corrected chi connectivity index (χ0v) is 14.2. The molecule has 0 aromatic carbocycles. The van der Waals surface area contributed by atoms with Gasteiger partial charge in [-0.15, -0.1) is 10.2 Å². The van der Waals surface area contributed by atoms with Gasteiger partial charge in [0.05, 0.1) is 13.2 Å². The van der Waals surface area contributed by atoms with Gasteiger partial charge in [-0.2, -0.15) is 0 Å². The first-order chi connectivity index (χ1) is 11.1. The lowest BCUT2D eigenvalue weighted by Gasteiger charge is -2.31. The fourth-order valence-electron chi connectivity index (χ4n) is 2.96. The highest BCUT2D eigenvalue weighted by Crippen LogP contribution is 2.27. The van der Waals surface area contributed by atoms with Crippen LogP contribution in [-0.4, -0.2) is 82.6 Å². The Hall–Kier alpha value is -1.51. The van der Waals surface area contributed by atoms with Crippen molar-refractivity contribution in [3.63, 3.8) is 0 Å². The third-order valence-corrected chi connectivity index (χ3v) is 4.37. The number of nitrogens with zero attached hydrogens (tertiary/aromatic N) is 5. The van der Waals surface area contributed by atoms with Crippen molar-refractivity contribution in [2.45, 2.75) is 25.3 Å². The minimum atomic E-state index is 0.0511. The second kappa shape index (κ2) is 8.37. The molecule has 8 heteroatoms. The van der Waals surface area contributed by atoms with Crippen LogP contribution in [0.2, 0.25) is 0 Å². The molecule has 0 aliphatic carbocycles. The molecule has 0 atom stereocenters. The summed E-state index contributed by atoms with van der Waals surface area (Å²) in [5, 5.41) is 17.6. The number of aromatic nitrogens is 3. The molecule has 0 radical (unpaired) electrons. The van der Waals surface area contributed by atoms with Crippen LogP contribution >= 0.6 is 0 Å². The maximum Gasteiger partial charge on any atom is 0.248 e. The Morgan fingerprint density at radius 1 is 1.39 bits per heavy atom. The van der Waals surface area contributed by atoms with Gasteiger partial charge >= 0.3 is 0 Å². The summed E-state index contributed by atoms with van der Waals surface area (Å²) in [5.41, 5.74) is 0. The number of hydrogen-bond donors (Lipinski definition) is 1. The molecule has 2 heterocycles. The molecule has 1 amide bonds. The quantitative estimate of drug-likeness (QED) is 0.734. The van der Waals surface area contributed by atoms with Crippen LogP contribution in [0.4, 0.5) is 0 Å². The van der Waals surface area contributed by atoms with Crippen molar-refractivity contribution >= 4 is 5.91 Å². The molecule has 1 N–H and O–H groups in total. The summed E-state index contributed by atoms with van der Waals surface area (Å²) in [6.07, 6.45) is 1.79.